The zero-order valence-corrected chi connectivity index (χ0v) is 13.4. The van der Waals surface area contributed by atoms with E-state index in [9.17, 15) is 4.79 Å². The molecule has 1 amide bonds. The summed E-state index contributed by atoms with van der Waals surface area (Å²) in [5, 5.41) is 0. The van der Waals surface area contributed by atoms with Crippen LogP contribution < -0.4 is 4.74 Å². The van der Waals surface area contributed by atoms with Gasteiger partial charge in [-0.2, -0.15) is 0 Å². The molecule has 2 heterocycles. The highest BCUT2D eigenvalue weighted by molar-refractivity contribution is 5.96. The van der Waals surface area contributed by atoms with Crippen LogP contribution in [0, 0.1) is 0 Å². The Balaban J connectivity index is 1.89. The van der Waals surface area contributed by atoms with Crippen molar-refractivity contribution in [3.05, 3.63) is 84.1 Å². The van der Waals surface area contributed by atoms with Gasteiger partial charge in [-0.25, -0.2) is 0 Å². The molecule has 0 saturated heterocycles. The van der Waals surface area contributed by atoms with Gasteiger partial charge in [0.15, 0.2) is 0 Å². The van der Waals surface area contributed by atoms with E-state index in [4.69, 9.17) is 9.15 Å². The SMILES string of the molecule is COc1ccccc1C(=O)N(Cc1cccnc1)Cc1ccco1. The summed E-state index contributed by atoms with van der Waals surface area (Å²) >= 11 is 0. The lowest BCUT2D eigenvalue weighted by molar-refractivity contribution is 0.0714. The van der Waals surface area contributed by atoms with Crippen molar-refractivity contribution < 1.29 is 13.9 Å². The summed E-state index contributed by atoms with van der Waals surface area (Å²) in [7, 11) is 1.56. The number of carbonyl (C=O) groups excluding carboxylic acids is 1. The molecule has 0 fully saturated rings. The number of hydrogen-bond acceptors (Lipinski definition) is 4. The molecule has 0 bridgehead atoms. The van der Waals surface area contributed by atoms with E-state index in [2.05, 4.69) is 4.98 Å². The quantitative estimate of drug-likeness (QED) is 0.697. The Hall–Kier alpha value is -3.08. The molecule has 5 nitrogen and oxygen atoms in total. The summed E-state index contributed by atoms with van der Waals surface area (Å²) in [6, 6.07) is 14.7. The van der Waals surface area contributed by atoms with E-state index in [0.29, 0.717) is 24.4 Å². The smallest absolute Gasteiger partial charge is 0.258 e. The molecule has 0 aliphatic rings. The standard InChI is InChI=1S/C19H18N2O3/c1-23-18-9-3-2-8-17(18)19(22)21(14-16-7-5-11-24-16)13-15-6-4-10-20-12-15/h2-12H,13-14H2,1H3. The van der Waals surface area contributed by atoms with Crippen LogP contribution >= 0.6 is 0 Å². The number of hydrogen-bond donors (Lipinski definition) is 0. The maximum atomic E-state index is 13.0. The molecular weight excluding hydrogens is 304 g/mol. The highest BCUT2D eigenvalue weighted by atomic mass is 16.5. The highest BCUT2D eigenvalue weighted by Gasteiger charge is 2.21. The fourth-order valence-corrected chi connectivity index (χ4v) is 2.49. The molecule has 122 valence electrons. The molecule has 24 heavy (non-hydrogen) atoms. The van der Waals surface area contributed by atoms with Crippen LogP contribution in [0.1, 0.15) is 21.7 Å². The summed E-state index contributed by atoms with van der Waals surface area (Å²) in [6.45, 7) is 0.810. The van der Waals surface area contributed by atoms with Gasteiger partial charge in [0, 0.05) is 18.9 Å². The molecule has 0 spiro atoms. The molecular formula is C19H18N2O3. The summed E-state index contributed by atoms with van der Waals surface area (Å²) in [5.41, 5.74) is 1.47. The Morgan fingerprint density at radius 1 is 1.12 bits per heavy atom. The first-order chi connectivity index (χ1) is 11.8. The maximum Gasteiger partial charge on any atom is 0.258 e. The monoisotopic (exact) mass is 322 g/mol. The number of nitrogens with zero attached hydrogens (tertiary/aromatic N) is 2. The summed E-state index contributed by atoms with van der Waals surface area (Å²) in [5.74, 6) is 1.16. The number of carbonyl (C=O) groups is 1. The minimum atomic E-state index is -0.118. The van der Waals surface area contributed by atoms with Gasteiger partial charge in [0.2, 0.25) is 0 Å². The van der Waals surface area contributed by atoms with E-state index in [1.54, 1.807) is 42.8 Å². The first-order valence-electron chi connectivity index (χ1n) is 7.61. The molecule has 0 aliphatic carbocycles. The zero-order chi connectivity index (χ0) is 16.8. The molecule has 0 atom stereocenters. The number of aromatic nitrogens is 1. The molecule has 0 unspecified atom stereocenters. The van der Waals surface area contributed by atoms with Gasteiger partial charge in [0.05, 0.1) is 25.5 Å². The van der Waals surface area contributed by atoms with E-state index in [1.165, 1.54) is 0 Å². The third-order valence-electron chi connectivity index (χ3n) is 3.65. The summed E-state index contributed by atoms with van der Waals surface area (Å²) < 4.78 is 10.7. The fourth-order valence-electron chi connectivity index (χ4n) is 2.49. The van der Waals surface area contributed by atoms with Crippen LogP contribution in [0.4, 0.5) is 0 Å². The van der Waals surface area contributed by atoms with Crippen molar-refractivity contribution in [3.63, 3.8) is 0 Å². The van der Waals surface area contributed by atoms with Crippen molar-refractivity contribution in [2.24, 2.45) is 0 Å². The van der Waals surface area contributed by atoms with E-state index in [0.717, 1.165) is 11.3 Å². The van der Waals surface area contributed by atoms with E-state index < -0.39 is 0 Å². The molecule has 0 saturated carbocycles. The zero-order valence-electron chi connectivity index (χ0n) is 13.4. The third-order valence-corrected chi connectivity index (χ3v) is 3.65. The molecule has 1 aromatic carbocycles. The van der Waals surface area contributed by atoms with Gasteiger partial charge in [-0.3, -0.25) is 9.78 Å². The van der Waals surface area contributed by atoms with E-state index in [-0.39, 0.29) is 5.91 Å². The fraction of sp³-hybridized carbons (Fsp3) is 0.158. The Morgan fingerprint density at radius 2 is 2.00 bits per heavy atom. The van der Waals surface area contributed by atoms with Crippen molar-refractivity contribution >= 4 is 5.91 Å². The molecule has 0 N–H and O–H groups in total. The van der Waals surface area contributed by atoms with Crippen molar-refractivity contribution in [2.75, 3.05) is 7.11 Å². The average molecular weight is 322 g/mol. The third kappa shape index (κ3) is 3.63. The average Bonchev–Trinajstić information content (AvgIpc) is 3.14. The Bertz CT molecular complexity index is 785. The van der Waals surface area contributed by atoms with Crippen molar-refractivity contribution in [1.82, 2.24) is 9.88 Å². The lowest BCUT2D eigenvalue weighted by Gasteiger charge is -2.22. The number of furan rings is 1. The van der Waals surface area contributed by atoms with Crippen LogP contribution in [0.5, 0.6) is 5.75 Å². The lowest BCUT2D eigenvalue weighted by Crippen LogP contribution is -2.30. The van der Waals surface area contributed by atoms with E-state index >= 15 is 0 Å². The van der Waals surface area contributed by atoms with Gasteiger partial charge in [-0.1, -0.05) is 18.2 Å². The number of rotatable bonds is 6. The van der Waals surface area contributed by atoms with Gasteiger partial charge in [-0.05, 0) is 35.9 Å². The minimum Gasteiger partial charge on any atom is -0.496 e. The number of ether oxygens (including phenoxy) is 1. The maximum absolute atomic E-state index is 13.0. The van der Waals surface area contributed by atoms with E-state index in [1.807, 2.05) is 36.4 Å². The second-order valence-corrected chi connectivity index (χ2v) is 5.30. The summed E-state index contributed by atoms with van der Waals surface area (Å²) in [6.07, 6.45) is 5.07. The molecule has 5 heteroatoms. The number of methoxy groups -OCH3 is 1. The predicted molar refractivity (Wildman–Crippen MR) is 89.5 cm³/mol. The van der Waals surface area contributed by atoms with Crippen LogP contribution in [0.15, 0.2) is 71.6 Å². The molecule has 2 aromatic heterocycles. The highest BCUT2D eigenvalue weighted by Crippen LogP contribution is 2.21. The number of benzene rings is 1. The summed E-state index contributed by atoms with van der Waals surface area (Å²) in [4.78, 5) is 18.9. The van der Waals surface area contributed by atoms with Crippen LogP contribution in [-0.4, -0.2) is 22.9 Å². The van der Waals surface area contributed by atoms with Crippen molar-refractivity contribution in [1.29, 1.82) is 0 Å². The second-order valence-electron chi connectivity index (χ2n) is 5.30. The second kappa shape index (κ2) is 7.46. The number of pyridine rings is 1. The van der Waals surface area contributed by atoms with Gasteiger partial charge in [0.25, 0.3) is 5.91 Å². The Labute approximate surface area is 140 Å². The Morgan fingerprint density at radius 3 is 2.71 bits per heavy atom. The first-order valence-corrected chi connectivity index (χ1v) is 7.61. The predicted octanol–water partition coefficient (Wildman–Crippen LogP) is 3.53. The van der Waals surface area contributed by atoms with Crippen LogP contribution in [-0.2, 0) is 13.1 Å². The van der Waals surface area contributed by atoms with Crippen molar-refractivity contribution in [2.45, 2.75) is 13.1 Å². The van der Waals surface area contributed by atoms with Crippen LogP contribution in [0.3, 0.4) is 0 Å². The largest absolute Gasteiger partial charge is 0.496 e. The number of para-hydroxylation sites is 1. The van der Waals surface area contributed by atoms with Crippen LogP contribution in [0.2, 0.25) is 0 Å². The minimum absolute atomic E-state index is 0.118. The molecule has 3 rings (SSSR count). The first kappa shape index (κ1) is 15.8. The molecule has 3 aromatic rings. The number of amides is 1. The van der Waals surface area contributed by atoms with Crippen molar-refractivity contribution in [3.8, 4) is 5.75 Å². The van der Waals surface area contributed by atoms with Gasteiger partial charge in [-0.15, -0.1) is 0 Å². The molecule has 0 radical (unpaired) electrons. The molecule has 0 aliphatic heterocycles. The normalized spacial score (nSPS) is 10.4. The van der Waals surface area contributed by atoms with Gasteiger partial charge < -0.3 is 14.1 Å². The lowest BCUT2D eigenvalue weighted by atomic mass is 10.1. The van der Waals surface area contributed by atoms with Crippen LogP contribution in [0.25, 0.3) is 0 Å². The Kier molecular flexibility index (Phi) is 4.91. The topological polar surface area (TPSA) is 55.6 Å². The van der Waals surface area contributed by atoms with Gasteiger partial charge in [0.1, 0.15) is 11.5 Å². The van der Waals surface area contributed by atoms with Gasteiger partial charge >= 0.3 is 0 Å².